The van der Waals surface area contributed by atoms with Gasteiger partial charge in [-0.3, -0.25) is 4.98 Å². The van der Waals surface area contributed by atoms with E-state index in [9.17, 15) is 4.79 Å². The molecule has 6 nitrogen and oxygen atoms in total. The lowest BCUT2D eigenvalue weighted by Gasteiger charge is -2.11. The number of nitrogens with zero attached hydrogens (tertiary/aromatic N) is 1. The Morgan fingerprint density at radius 1 is 0.919 bits per heavy atom. The molecule has 2 rings (SSSR count). The molecule has 1 aromatic heterocycles. The summed E-state index contributed by atoms with van der Waals surface area (Å²) < 4.78 is 17.0. The molecule has 37 heavy (non-hydrogen) atoms. The van der Waals surface area contributed by atoms with Gasteiger partial charge in [-0.1, -0.05) is 109 Å². The van der Waals surface area contributed by atoms with Gasteiger partial charge >= 0.3 is 6.09 Å². The number of amides is 1. The molecule has 212 valence electrons. The molecular formula is C31H54N2O4. The van der Waals surface area contributed by atoms with Crippen LogP contribution in [0, 0.1) is 5.92 Å². The largest absolute Gasteiger partial charge is 0.447 e. The molecule has 1 aromatic rings. The van der Waals surface area contributed by atoms with Crippen LogP contribution in [-0.2, 0) is 20.8 Å². The van der Waals surface area contributed by atoms with Gasteiger partial charge in [-0.15, -0.1) is 0 Å². The molecule has 2 atom stereocenters. The van der Waals surface area contributed by atoms with Gasteiger partial charge in [0.2, 0.25) is 0 Å². The Kier molecular flexibility index (Phi) is 19.0. The highest BCUT2D eigenvalue weighted by atomic mass is 16.6. The molecule has 0 aromatic carbocycles. The van der Waals surface area contributed by atoms with E-state index in [1.807, 2.05) is 12.1 Å². The van der Waals surface area contributed by atoms with Crippen molar-refractivity contribution in [3.8, 4) is 0 Å². The number of alkyl carbamates (subject to hydrolysis) is 1. The molecule has 0 saturated carbocycles. The number of aromatic nitrogens is 1. The highest BCUT2D eigenvalue weighted by Gasteiger charge is 2.26. The summed E-state index contributed by atoms with van der Waals surface area (Å²) in [5.74, 6) is 0.396. The Morgan fingerprint density at radius 3 is 2.14 bits per heavy atom. The van der Waals surface area contributed by atoms with Crippen LogP contribution in [0.1, 0.15) is 122 Å². The molecule has 0 aliphatic carbocycles. The van der Waals surface area contributed by atoms with Gasteiger partial charge in [-0.05, 0) is 24.5 Å². The van der Waals surface area contributed by atoms with Crippen LogP contribution in [0.5, 0.6) is 0 Å². The second-order valence-corrected chi connectivity index (χ2v) is 10.7. The summed E-state index contributed by atoms with van der Waals surface area (Å²) in [6.07, 6.45) is 26.0. The topological polar surface area (TPSA) is 69.7 Å². The van der Waals surface area contributed by atoms with Crippen molar-refractivity contribution in [1.82, 2.24) is 10.3 Å². The first-order valence-electron chi connectivity index (χ1n) is 15.3. The quantitative estimate of drug-likeness (QED) is 0.149. The molecule has 1 aliphatic heterocycles. The van der Waals surface area contributed by atoms with Gasteiger partial charge in [0.15, 0.2) is 0 Å². The third-order valence-corrected chi connectivity index (χ3v) is 7.22. The van der Waals surface area contributed by atoms with Crippen LogP contribution in [-0.4, -0.2) is 43.6 Å². The number of carbonyl (C=O) groups is 1. The molecule has 1 N–H and O–H groups in total. The van der Waals surface area contributed by atoms with Crippen molar-refractivity contribution in [2.24, 2.45) is 5.92 Å². The maximum Gasteiger partial charge on any atom is 0.407 e. The van der Waals surface area contributed by atoms with Gasteiger partial charge in [0.25, 0.3) is 0 Å². The number of nitrogens with one attached hydrogen (secondary N) is 1. The van der Waals surface area contributed by atoms with Crippen LogP contribution in [0.2, 0.25) is 0 Å². The fourth-order valence-electron chi connectivity index (χ4n) is 4.91. The summed E-state index contributed by atoms with van der Waals surface area (Å²) in [5.41, 5.74) is 0.943. The number of hydrogen-bond acceptors (Lipinski definition) is 5. The Hall–Kier alpha value is -1.66. The average molecular weight is 519 g/mol. The lowest BCUT2D eigenvalue weighted by molar-refractivity contribution is 0.0391. The minimum Gasteiger partial charge on any atom is -0.447 e. The maximum atomic E-state index is 11.9. The highest BCUT2D eigenvalue weighted by Crippen LogP contribution is 2.20. The minimum absolute atomic E-state index is 0.0340. The van der Waals surface area contributed by atoms with Crippen LogP contribution in [0.3, 0.4) is 0 Å². The van der Waals surface area contributed by atoms with Crippen LogP contribution in [0.15, 0.2) is 24.5 Å². The third kappa shape index (κ3) is 17.5. The minimum atomic E-state index is -0.421. The van der Waals surface area contributed by atoms with E-state index in [1.54, 1.807) is 12.4 Å². The maximum absolute atomic E-state index is 11.9. The molecule has 1 saturated heterocycles. The van der Waals surface area contributed by atoms with E-state index in [2.05, 4.69) is 17.2 Å². The second kappa shape index (κ2) is 22.3. The molecule has 0 spiro atoms. The van der Waals surface area contributed by atoms with Gasteiger partial charge in [0, 0.05) is 31.5 Å². The number of hydrogen-bond donors (Lipinski definition) is 1. The lowest BCUT2D eigenvalue weighted by atomic mass is 10.0. The van der Waals surface area contributed by atoms with E-state index < -0.39 is 6.09 Å². The van der Waals surface area contributed by atoms with Crippen molar-refractivity contribution in [1.29, 1.82) is 0 Å². The second-order valence-electron chi connectivity index (χ2n) is 10.7. The molecule has 2 heterocycles. The number of rotatable bonds is 23. The van der Waals surface area contributed by atoms with Crippen molar-refractivity contribution in [2.75, 3.05) is 26.4 Å². The highest BCUT2D eigenvalue weighted by molar-refractivity contribution is 5.67. The van der Waals surface area contributed by atoms with E-state index >= 15 is 0 Å². The molecule has 1 amide bonds. The monoisotopic (exact) mass is 518 g/mol. The Bertz CT molecular complexity index is 658. The molecule has 1 fully saturated rings. The van der Waals surface area contributed by atoms with Crippen molar-refractivity contribution < 1.29 is 19.0 Å². The first kappa shape index (κ1) is 31.6. The summed E-state index contributed by atoms with van der Waals surface area (Å²) in [6, 6.07) is 3.76. The molecule has 0 radical (unpaired) electrons. The van der Waals surface area contributed by atoms with Crippen molar-refractivity contribution in [3.63, 3.8) is 0 Å². The lowest BCUT2D eigenvalue weighted by Crippen LogP contribution is -2.27. The van der Waals surface area contributed by atoms with Gasteiger partial charge < -0.3 is 19.5 Å². The predicted molar refractivity (Wildman–Crippen MR) is 151 cm³/mol. The summed E-state index contributed by atoms with van der Waals surface area (Å²) in [4.78, 5) is 15.9. The van der Waals surface area contributed by atoms with E-state index in [1.165, 1.54) is 96.3 Å². The van der Waals surface area contributed by atoms with E-state index in [0.29, 0.717) is 19.1 Å². The predicted octanol–water partition coefficient (Wildman–Crippen LogP) is 7.99. The number of unbranched alkanes of at least 4 members (excludes halogenated alkanes) is 15. The summed E-state index contributed by atoms with van der Waals surface area (Å²) in [6.45, 7) is 5.25. The van der Waals surface area contributed by atoms with Crippen molar-refractivity contribution >= 4 is 6.09 Å². The van der Waals surface area contributed by atoms with Crippen molar-refractivity contribution in [3.05, 3.63) is 30.1 Å². The standard InChI is InChI=1S/C31H54N2O4/c1-2-3-4-5-6-7-8-9-10-11-12-13-14-15-16-17-21-35-25-29-22-30(36-26-29)27-37-31(34)33-24-28-19-18-20-32-23-28/h18-20,23,29-30H,2-17,21-22,24-27H2,1H3,(H,33,34)/t29-,30-/m0/s1. The number of carbonyl (C=O) groups excluding carboxylic acids is 1. The van der Waals surface area contributed by atoms with Crippen molar-refractivity contribution in [2.45, 2.75) is 129 Å². The normalized spacial score (nSPS) is 17.2. The van der Waals surface area contributed by atoms with Gasteiger partial charge in [0.05, 0.1) is 19.3 Å². The molecular weight excluding hydrogens is 464 g/mol. The zero-order valence-electron chi connectivity index (χ0n) is 23.6. The molecule has 6 heteroatoms. The average Bonchev–Trinajstić information content (AvgIpc) is 3.38. The van der Waals surface area contributed by atoms with Crippen LogP contribution < -0.4 is 5.32 Å². The van der Waals surface area contributed by atoms with Gasteiger partial charge in [-0.25, -0.2) is 4.79 Å². The number of ether oxygens (including phenoxy) is 3. The van der Waals surface area contributed by atoms with E-state index in [-0.39, 0.29) is 12.7 Å². The van der Waals surface area contributed by atoms with Crippen LogP contribution in [0.25, 0.3) is 0 Å². The van der Waals surface area contributed by atoms with E-state index in [4.69, 9.17) is 14.2 Å². The summed E-state index contributed by atoms with van der Waals surface area (Å²) in [7, 11) is 0. The SMILES string of the molecule is CCCCCCCCCCCCCCCCCCOC[C@H]1CO[C@H](COC(=O)NCc2cccnc2)C1. The van der Waals surface area contributed by atoms with Gasteiger partial charge in [-0.2, -0.15) is 0 Å². The number of pyridine rings is 1. The fraction of sp³-hybridized carbons (Fsp3) is 0.806. The molecule has 1 aliphatic rings. The van der Waals surface area contributed by atoms with Crippen LogP contribution >= 0.6 is 0 Å². The fourth-order valence-corrected chi connectivity index (χ4v) is 4.91. The van der Waals surface area contributed by atoms with Crippen LogP contribution in [0.4, 0.5) is 4.79 Å². The Morgan fingerprint density at radius 2 is 1.54 bits per heavy atom. The zero-order valence-corrected chi connectivity index (χ0v) is 23.6. The van der Waals surface area contributed by atoms with Gasteiger partial charge in [0.1, 0.15) is 6.61 Å². The Labute approximate surface area is 226 Å². The first-order chi connectivity index (χ1) is 18.3. The third-order valence-electron chi connectivity index (χ3n) is 7.22. The molecule has 0 unspecified atom stereocenters. The summed E-state index contributed by atoms with van der Waals surface area (Å²) in [5, 5.41) is 2.74. The summed E-state index contributed by atoms with van der Waals surface area (Å²) >= 11 is 0. The Balaban J connectivity index is 1.29. The first-order valence-corrected chi connectivity index (χ1v) is 15.3. The smallest absolute Gasteiger partial charge is 0.407 e. The van der Waals surface area contributed by atoms with E-state index in [0.717, 1.165) is 31.6 Å². The molecule has 0 bridgehead atoms. The zero-order chi connectivity index (χ0) is 26.2.